The van der Waals surface area contributed by atoms with Gasteiger partial charge in [-0.2, -0.15) is 0 Å². The molecular formula is C21H27ClN4O2. The molecule has 2 aromatic rings. The van der Waals surface area contributed by atoms with E-state index in [1.54, 1.807) is 32.3 Å². The molecule has 0 heterocycles. The molecule has 28 heavy (non-hydrogen) atoms. The van der Waals surface area contributed by atoms with Crippen LogP contribution in [0.2, 0.25) is 5.02 Å². The number of urea groups is 1. The van der Waals surface area contributed by atoms with E-state index in [2.05, 4.69) is 10.6 Å². The standard InChI is InChI=1S/C21H27ClN4O2/c1-13(23)14-7-6-8-15(11-14)21(2,3)25-20(28)24-16-9-10-18(22)17(12-16)19(27)26(4)5/h6-13H,23H2,1-5H3,(H2,24,25,28). The molecule has 0 aromatic heterocycles. The molecular weight excluding hydrogens is 376 g/mol. The summed E-state index contributed by atoms with van der Waals surface area (Å²) in [6.07, 6.45) is 0. The van der Waals surface area contributed by atoms with E-state index in [1.165, 1.54) is 4.90 Å². The van der Waals surface area contributed by atoms with Gasteiger partial charge in [0.05, 0.1) is 16.1 Å². The predicted molar refractivity (Wildman–Crippen MR) is 114 cm³/mol. The van der Waals surface area contributed by atoms with Crippen molar-refractivity contribution in [1.82, 2.24) is 10.2 Å². The normalized spacial score (nSPS) is 12.2. The van der Waals surface area contributed by atoms with Gasteiger partial charge in [-0.1, -0.05) is 35.9 Å². The summed E-state index contributed by atoms with van der Waals surface area (Å²) >= 11 is 6.11. The Morgan fingerprint density at radius 3 is 2.43 bits per heavy atom. The molecule has 7 heteroatoms. The summed E-state index contributed by atoms with van der Waals surface area (Å²) in [7, 11) is 3.29. The topological polar surface area (TPSA) is 87.5 Å². The molecule has 0 radical (unpaired) electrons. The molecule has 2 aromatic carbocycles. The zero-order valence-electron chi connectivity index (χ0n) is 16.8. The van der Waals surface area contributed by atoms with E-state index in [0.717, 1.165) is 11.1 Å². The molecule has 6 nitrogen and oxygen atoms in total. The lowest BCUT2D eigenvalue weighted by molar-refractivity contribution is 0.0827. The Bertz CT molecular complexity index is 878. The molecule has 1 atom stereocenters. The summed E-state index contributed by atoms with van der Waals surface area (Å²) in [5.74, 6) is -0.234. The fourth-order valence-electron chi connectivity index (χ4n) is 2.74. The summed E-state index contributed by atoms with van der Waals surface area (Å²) in [6, 6.07) is 12.1. The first-order valence-electron chi connectivity index (χ1n) is 8.97. The van der Waals surface area contributed by atoms with Crippen LogP contribution in [0, 0.1) is 0 Å². The summed E-state index contributed by atoms with van der Waals surface area (Å²) < 4.78 is 0. The van der Waals surface area contributed by atoms with Crippen molar-refractivity contribution in [3.63, 3.8) is 0 Å². The third kappa shape index (κ3) is 5.24. The van der Waals surface area contributed by atoms with E-state index < -0.39 is 5.54 Å². The van der Waals surface area contributed by atoms with Crippen LogP contribution in [0.1, 0.15) is 48.3 Å². The number of rotatable bonds is 5. The van der Waals surface area contributed by atoms with E-state index in [1.807, 2.05) is 45.0 Å². The lowest BCUT2D eigenvalue weighted by atomic mass is 9.92. The Labute approximate surface area is 171 Å². The highest BCUT2D eigenvalue weighted by Crippen LogP contribution is 2.24. The number of carbonyl (C=O) groups is 2. The van der Waals surface area contributed by atoms with Crippen LogP contribution in [0.3, 0.4) is 0 Å². The van der Waals surface area contributed by atoms with Gasteiger partial charge in [0.2, 0.25) is 0 Å². The molecule has 3 amide bonds. The maximum absolute atomic E-state index is 12.5. The summed E-state index contributed by atoms with van der Waals surface area (Å²) in [6.45, 7) is 5.74. The van der Waals surface area contributed by atoms with Crippen LogP contribution in [0.4, 0.5) is 10.5 Å². The van der Waals surface area contributed by atoms with Crippen molar-refractivity contribution in [2.75, 3.05) is 19.4 Å². The zero-order valence-corrected chi connectivity index (χ0v) is 17.6. The van der Waals surface area contributed by atoms with Crippen molar-refractivity contribution in [1.29, 1.82) is 0 Å². The predicted octanol–water partition coefficient (Wildman–Crippen LogP) is 4.12. The number of carbonyl (C=O) groups excluding carboxylic acids is 2. The zero-order chi connectivity index (χ0) is 21.1. The number of amides is 3. The molecule has 0 spiro atoms. The van der Waals surface area contributed by atoms with Crippen molar-refractivity contribution in [3.8, 4) is 0 Å². The largest absolute Gasteiger partial charge is 0.345 e. The minimum absolute atomic E-state index is 0.0914. The molecule has 0 saturated heterocycles. The lowest BCUT2D eigenvalue weighted by Gasteiger charge is -2.28. The van der Waals surface area contributed by atoms with Gasteiger partial charge in [-0.05, 0) is 50.1 Å². The van der Waals surface area contributed by atoms with Crippen molar-refractivity contribution < 1.29 is 9.59 Å². The van der Waals surface area contributed by atoms with Gasteiger partial charge >= 0.3 is 6.03 Å². The van der Waals surface area contributed by atoms with E-state index in [4.69, 9.17) is 17.3 Å². The first kappa shape index (κ1) is 21.7. The molecule has 0 aliphatic carbocycles. The van der Waals surface area contributed by atoms with E-state index in [-0.39, 0.29) is 18.0 Å². The van der Waals surface area contributed by atoms with Gasteiger partial charge in [-0.25, -0.2) is 4.79 Å². The number of nitrogens with zero attached hydrogens (tertiary/aromatic N) is 1. The molecule has 0 aliphatic heterocycles. The lowest BCUT2D eigenvalue weighted by Crippen LogP contribution is -2.43. The van der Waals surface area contributed by atoms with E-state index >= 15 is 0 Å². The van der Waals surface area contributed by atoms with Crippen molar-refractivity contribution >= 4 is 29.2 Å². The van der Waals surface area contributed by atoms with Gasteiger partial charge in [0, 0.05) is 25.8 Å². The Kier molecular flexibility index (Phi) is 6.69. The average Bonchev–Trinajstić information content (AvgIpc) is 2.62. The Hall–Kier alpha value is -2.57. The third-order valence-corrected chi connectivity index (χ3v) is 4.75. The van der Waals surface area contributed by atoms with Gasteiger partial charge in [0.15, 0.2) is 0 Å². The second-order valence-corrected chi connectivity index (χ2v) is 7.92. The van der Waals surface area contributed by atoms with Crippen LogP contribution >= 0.6 is 11.6 Å². The molecule has 0 saturated carbocycles. The van der Waals surface area contributed by atoms with E-state index in [9.17, 15) is 9.59 Å². The van der Waals surface area contributed by atoms with Crippen LogP contribution in [-0.2, 0) is 5.54 Å². The maximum Gasteiger partial charge on any atom is 0.319 e. The number of hydrogen-bond acceptors (Lipinski definition) is 3. The number of anilines is 1. The van der Waals surface area contributed by atoms with Crippen molar-refractivity contribution in [2.24, 2.45) is 5.73 Å². The highest BCUT2D eigenvalue weighted by atomic mass is 35.5. The van der Waals surface area contributed by atoms with Crippen LogP contribution in [0.5, 0.6) is 0 Å². The number of hydrogen-bond donors (Lipinski definition) is 3. The fraction of sp³-hybridized carbons (Fsp3) is 0.333. The van der Waals surface area contributed by atoms with Gasteiger partial charge in [0.1, 0.15) is 0 Å². The quantitative estimate of drug-likeness (QED) is 0.702. The smallest absolute Gasteiger partial charge is 0.319 e. The molecule has 150 valence electrons. The van der Waals surface area contributed by atoms with Crippen LogP contribution in [-0.4, -0.2) is 30.9 Å². The van der Waals surface area contributed by atoms with Crippen LogP contribution < -0.4 is 16.4 Å². The number of halogens is 1. The fourth-order valence-corrected chi connectivity index (χ4v) is 2.94. The number of nitrogens with two attached hydrogens (primary N) is 1. The first-order valence-corrected chi connectivity index (χ1v) is 9.35. The summed E-state index contributed by atoms with van der Waals surface area (Å²) in [5.41, 5.74) is 8.08. The SMILES string of the molecule is CC(N)c1cccc(C(C)(C)NC(=O)Nc2ccc(Cl)c(C(=O)N(C)C)c2)c1. The second-order valence-electron chi connectivity index (χ2n) is 7.51. The van der Waals surface area contributed by atoms with E-state index in [0.29, 0.717) is 16.3 Å². The number of benzene rings is 2. The Morgan fingerprint density at radius 2 is 1.82 bits per heavy atom. The van der Waals surface area contributed by atoms with Gasteiger partial charge < -0.3 is 21.3 Å². The van der Waals surface area contributed by atoms with Gasteiger partial charge in [-0.15, -0.1) is 0 Å². The molecule has 4 N–H and O–H groups in total. The molecule has 0 fully saturated rings. The second kappa shape index (κ2) is 8.63. The first-order chi connectivity index (χ1) is 13.0. The minimum Gasteiger partial charge on any atom is -0.345 e. The van der Waals surface area contributed by atoms with Gasteiger partial charge in [0.25, 0.3) is 5.91 Å². The van der Waals surface area contributed by atoms with Gasteiger partial charge in [-0.3, -0.25) is 4.79 Å². The average molecular weight is 403 g/mol. The van der Waals surface area contributed by atoms with Crippen molar-refractivity contribution in [2.45, 2.75) is 32.4 Å². The summed E-state index contributed by atoms with van der Waals surface area (Å²) in [5, 5.41) is 6.05. The Balaban J connectivity index is 2.16. The minimum atomic E-state index is -0.621. The molecule has 1 unspecified atom stereocenters. The molecule has 0 aliphatic rings. The maximum atomic E-state index is 12.5. The highest BCUT2D eigenvalue weighted by molar-refractivity contribution is 6.34. The monoisotopic (exact) mass is 402 g/mol. The molecule has 2 rings (SSSR count). The van der Waals surface area contributed by atoms with Crippen LogP contribution in [0.15, 0.2) is 42.5 Å². The molecule has 0 bridgehead atoms. The number of nitrogens with one attached hydrogen (secondary N) is 2. The van der Waals surface area contributed by atoms with Crippen LogP contribution in [0.25, 0.3) is 0 Å². The summed E-state index contributed by atoms with van der Waals surface area (Å²) in [4.78, 5) is 26.2. The third-order valence-electron chi connectivity index (χ3n) is 4.42. The van der Waals surface area contributed by atoms with Crippen molar-refractivity contribution in [3.05, 3.63) is 64.2 Å². The Morgan fingerprint density at radius 1 is 1.14 bits per heavy atom. The highest BCUT2D eigenvalue weighted by Gasteiger charge is 2.24.